The number of nitrogens with zero attached hydrogens (tertiary/aromatic N) is 3. The van der Waals surface area contributed by atoms with Gasteiger partial charge in [-0.15, -0.1) is 0 Å². The highest BCUT2D eigenvalue weighted by Gasteiger charge is 2.10. The van der Waals surface area contributed by atoms with Crippen molar-refractivity contribution in [2.75, 3.05) is 33.3 Å². The zero-order valence-electron chi connectivity index (χ0n) is 10.8. The second kappa shape index (κ2) is 6.02. The van der Waals surface area contributed by atoms with Crippen molar-refractivity contribution >= 4 is 0 Å². The summed E-state index contributed by atoms with van der Waals surface area (Å²) in [6.45, 7) is 5.51. The van der Waals surface area contributed by atoms with Crippen LogP contribution >= 0.6 is 0 Å². The van der Waals surface area contributed by atoms with Crippen LogP contribution in [0.5, 0.6) is 5.88 Å². The lowest BCUT2D eigenvalue weighted by Gasteiger charge is -2.14. The van der Waals surface area contributed by atoms with Gasteiger partial charge in [0.05, 0.1) is 12.8 Å². The van der Waals surface area contributed by atoms with Gasteiger partial charge in [0.1, 0.15) is 0 Å². The van der Waals surface area contributed by atoms with E-state index in [0.29, 0.717) is 0 Å². The molecule has 96 valence electrons. The molecular weight excluding hydrogens is 216 g/mol. The first kappa shape index (κ1) is 12.4. The number of likely N-dealkylation sites (tertiary alicyclic amines) is 1. The van der Waals surface area contributed by atoms with Gasteiger partial charge in [-0.2, -0.15) is 5.10 Å². The van der Waals surface area contributed by atoms with Crippen molar-refractivity contribution in [3.05, 3.63) is 11.8 Å². The standard InChI is InChI=1S/C12H22N4O/c1-15-12(17-2)9-11(14-15)10-13-5-8-16-6-3-4-7-16/h9,13H,3-8,10H2,1-2H3. The van der Waals surface area contributed by atoms with Crippen LogP contribution in [0.25, 0.3) is 0 Å². The fraction of sp³-hybridized carbons (Fsp3) is 0.750. The van der Waals surface area contributed by atoms with E-state index < -0.39 is 0 Å². The van der Waals surface area contributed by atoms with Crippen molar-refractivity contribution in [1.29, 1.82) is 0 Å². The molecule has 0 bridgehead atoms. The lowest BCUT2D eigenvalue weighted by atomic mass is 10.4. The van der Waals surface area contributed by atoms with E-state index in [1.54, 1.807) is 11.8 Å². The molecule has 2 rings (SSSR count). The maximum Gasteiger partial charge on any atom is 0.211 e. The Morgan fingerprint density at radius 1 is 1.41 bits per heavy atom. The summed E-state index contributed by atoms with van der Waals surface area (Å²) >= 11 is 0. The zero-order valence-corrected chi connectivity index (χ0v) is 10.8. The topological polar surface area (TPSA) is 42.3 Å². The molecule has 0 aromatic carbocycles. The predicted octanol–water partition coefficient (Wildman–Crippen LogP) is 0.614. The summed E-state index contributed by atoms with van der Waals surface area (Å²) < 4.78 is 6.94. The van der Waals surface area contributed by atoms with Gasteiger partial charge >= 0.3 is 0 Å². The SMILES string of the molecule is COc1cc(CNCCN2CCCC2)nn1C. The molecule has 1 fully saturated rings. The molecular formula is C12H22N4O. The number of methoxy groups -OCH3 is 1. The van der Waals surface area contributed by atoms with E-state index in [4.69, 9.17) is 4.74 Å². The van der Waals surface area contributed by atoms with Crippen molar-refractivity contribution in [2.45, 2.75) is 19.4 Å². The third-order valence-corrected chi connectivity index (χ3v) is 3.21. The van der Waals surface area contributed by atoms with Crippen LogP contribution in [0.3, 0.4) is 0 Å². The second-order valence-electron chi connectivity index (χ2n) is 4.53. The largest absolute Gasteiger partial charge is 0.481 e. The molecule has 1 aromatic heterocycles. The Bertz CT molecular complexity index is 344. The summed E-state index contributed by atoms with van der Waals surface area (Å²) in [6, 6.07) is 1.98. The quantitative estimate of drug-likeness (QED) is 0.738. The summed E-state index contributed by atoms with van der Waals surface area (Å²) in [5.41, 5.74) is 1.03. The first-order valence-corrected chi connectivity index (χ1v) is 6.29. The van der Waals surface area contributed by atoms with Crippen LogP contribution in [-0.2, 0) is 13.6 Å². The molecule has 5 nitrogen and oxygen atoms in total. The van der Waals surface area contributed by atoms with Crippen LogP contribution in [0, 0.1) is 0 Å². The Morgan fingerprint density at radius 2 is 2.18 bits per heavy atom. The minimum Gasteiger partial charge on any atom is -0.481 e. The molecule has 0 aliphatic carbocycles. The Hall–Kier alpha value is -1.07. The van der Waals surface area contributed by atoms with Crippen LogP contribution in [0.4, 0.5) is 0 Å². The van der Waals surface area contributed by atoms with Crippen LogP contribution < -0.4 is 10.1 Å². The third kappa shape index (κ3) is 3.44. The van der Waals surface area contributed by atoms with Crippen molar-refractivity contribution in [2.24, 2.45) is 7.05 Å². The molecule has 0 amide bonds. The fourth-order valence-electron chi connectivity index (χ4n) is 2.24. The highest BCUT2D eigenvalue weighted by atomic mass is 16.5. The maximum absolute atomic E-state index is 5.18. The van der Waals surface area contributed by atoms with E-state index in [1.807, 2.05) is 13.1 Å². The molecule has 0 atom stereocenters. The predicted molar refractivity (Wildman–Crippen MR) is 67.1 cm³/mol. The Labute approximate surface area is 103 Å². The Balaban J connectivity index is 1.66. The van der Waals surface area contributed by atoms with Crippen LogP contribution in [-0.4, -0.2) is 48.0 Å². The third-order valence-electron chi connectivity index (χ3n) is 3.21. The van der Waals surface area contributed by atoms with Gasteiger partial charge in [-0.1, -0.05) is 0 Å². The lowest BCUT2D eigenvalue weighted by molar-refractivity contribution is 0.335. The van der Waals surface area contributed by atoms with E-state index in [9.17, 15) is 0 Å². The van der Waals surface area contributed by atoms with Crippen LogP contribution in [0.2, 0.25) is 0 Å². The molecule has 2 heterocycles. The van der Waals surface area contributed by atoms with Gasteiger partial charge in [-0.3, -0.25) is 0 Å². The van der Waals surface area contributed by atoms with Crippen molar-refractivity contribution in [1.82, 2.24) is 20.0 Å². The van der Waals surface area contributed by atoms with Crippen LogP contribution in [0.15, 0.2) is 6.07 Å². The second-order valence-corrected chi connectivity index (χ2v) is 4.53. The summed E-state index contributed by atoms with van der Waals surface area (Å²) in [7, 11) is 3.56. The highest BCUT2D eigenvalue weighted by molar-refractivity contribution is 5.15. The Kier molecular flexibility index (Phi) is 4.39. The van der Waals surface area contributed by atoms with Gasteiger partial charge in [0.2, 0.25) is 5.88 Å². The molecule has 1 aromatic rings. The number of hydrogen-bond acceptors (Lipinski definition) is 4. The molecule has 1 aliphatic heterocycles. The molecule has 0 spiro atoms. The summed E-state index contributed by atoms with van der Waals surface area (Å²) in [5.74, 6) is 0.807. The molecule has 0 radical (unpaired) electrons. The average Bonchev–Trinajstić information content (AvgIpc) is 2.94. The highest BCUT2D eigenvalue weighted by Crippen LogP contribution is 2.10. The van der Waals surface area contributed by atoms with Crippen LogP contribution in [0.1, 0.15) is 18.5 Å². The molecule has 0 unspecified atom stereocenters. The number of aryl methyl sites for hydroxylation is 1. The van der Waals surface area contributed by atoms with E-state index in [-0.39, 0.29) is 0 Å². The number of nitrogens with one attached hydrogen (secondary N) is 1. The summed E-state index contributed by atoms with van der Waals surface area (Å²) in [4.78, 5) is 2.51. The summed E-state index contributed by atoms with van der Waals surface area (Å²) in [6.07, 6.45) is 2.72. The zero-order chi connectivity index (χ0) is 12.1. The molecule has 17 heavy (non-hydrogen) atoms. The molecule has 1 saturated heterocycles. The van der Waals surface area contributed by atoms with E-state index in [2.05, 4.69) is 15.3 Å². The average molecular weight is 238 g/mol. The molecule has 0 saturated carbocycles. The lowest BCUT2D eigenvalue weighted by Crippen LogP contribution is -2.29. The number of rotatable bonds is 6. The molecule has 1 N–H and O–H groups in total. The molecule has 1 aliphatic rings. The van der Waals surface area contributed by atoms with E-state index >= 15 is 0 Å². The normalized spacial score (nSPS) is 16.6. The minimum absolute atomic E-state index is 0.807. The van der Waals surface area contributed by atoms with Gasteiger partial charge in [0.15, 0.2) is 0 Å². The smallest absolute Gasteiger partial charge is 0.211 e. The number of ether oxygens (including phenoxy) is 1. The van der Waals surface area contributed by atoms with Gasteiger partial charge in [0.25, 0.3) is 0 Å². The van der Waals surface area contributed by atoms with E-state index in [1.165, 1.54) is 25.9 Å². The fourth-order valence-corrected chi connectivity index (χ4v) is 2.24. The van der Waals surface area contributed by atoms with Crippen molar-refractivity contribution < 1.29 is 4.74 Å². The number of hydrogen-bond donors (Lipinski definition) is 1. The number of aromatic nitrogens is 2. The van der Waals surface area contributed by atoms with Gasteiger partial charge < -0.3 is 15.0 Å². The summed E-state index contributed by atoms with van der Waals surface area (Å²) in [5, 5.41) is 7.79. The monoisotopic (exact) mass is 238 g/mol. The van der Waals surface area contributed by atoms with Crippen molar-refractivity contribution in [3.63, 3.8) is 0 Å². The Morgan fingerprint density at radius 3 is 2.82 bits per heavy atom. The van der Waals surface area contributed by atoms with Crippen molar-refractivity contribution in [3.8, 4) is 5.88 Å². The minimum atomic E-state index is 0.807. The van der Waals surface area contributed by atoms with E-state index in [0.717, 1.165) is 31.2 Å². The first-order valence-electron chi connectivity index (χ1n) is 6.29. The van der Waals surface area contributed by atoms with Gasteiger partial charge in [0, 0.05) is 32.7 Å². The maximum atomic E-state index is 5.18. The molecule has 5 heteroatoms. The van der Waals surface area contributed by atoms with Gasteiger partial charge in [-0.05, 0) is 25.9 Å². The van der Waals surface area contributed by atoms with Gasteiger partial charge in [-0.25, -0.2) is 4.68 Å². The first-order chi connectivity index (χ1) is 8.29.